The highest BCUT2D eigenvalue weighted by atomic mass is 16.5. The van der Waals surface area contributed by atoms with E-state index in [4.69, 9.17) is 15.2 Å². The van der Waals surface area contributed by atoms with Crippen molar-refractivity contribution in [3.63, 3.8) is 0 Å². The second-order valence-electron chi connectivity index (χ2n) is 5.65. The molecule has 0 amide bonds. The summed E-state index contributed by atoms with van der Waals surface area (Å²) in [4.78, 5) is 2.46. The maximum Gasteiger partial charge on any atom is 0.123 e. The minimum absolute atomic E-state index is 0.0944. The molecule has 1 aromatic carbocycles. The lowest BCUT2D eigenvalue weighted by atomic mass is 9.94. The zero-order valence-electron chi connectivity index (χ0n) is 13.4. The Balaban J connectivity index is 2.29. The molecule has 4 heteroatoms. The number of methoxy groups -OCH3 is 1. The van der Waals surface area contributed by atoms with Crippen molar-refractivity contribution in [1.29, 1.82) is 0 Å². The number of morpholine rings is 1. The van der Waals surface area contributed by atoms with Gasteiger partial charge in [0.1, 0.15) is 5.75 Å². The topological polar surface area (TPSA) is 47.7 Å². The van der Waals surface area contributed by atoms with E-state index < -0.39 is 0 Å². The summed E-state index contributed by atoms with van der Waals surface area (Å²) in [7, 11) is 1.72. The van der Waals surface area contributed by atoms with Crippen LogP contribution in [-0.4, -0.2) is 43.9 Å². The van der Waals surface area contributed by atoms with Crippen LogP contribution in [-0.2, 0) is 4.74 Å². The van der Waals surface area contributed by atoms with E-state index in [9.17, 15) is 0 Å². The predicted molar refractivity (Wildman–Crippen MR) is 85.6 cm³/mol. The average Bonchev–Trinajstić information content (AvgIpc) is 2.55. The van der Waals surface area contributed by atoms with Crippen LogP contribution in [0.1, 0.15) is 38.3 Å². The lowest BCUT2D eigenvalue weighted by molar-refractivity contribution is -0.0489. The molecule has 0 spiro atoms. The van der Waals surface area contributed by atoms with Crippen LogP contribution in [0.2, 0.25) is 0 Å². The van der Waals surface area contributed by atoms with Gasteiger partial charge >= 0.3 is 0 Å². The molecule has 1 aliphatic rings. The van der Waals surface area contributed by atoms with Gasteiger partial charge in [-0.25, -0.2) is 0 Å². The summed E-state index contributed by atoms with van der Waals surface area (Å²) in [6, 6.07) is 8.49. The van der Waals surface area contributed by atoms with Gasteiger partial charge in [0, 0.05) is 24.7 Å². The van der Waals surface area contributed by atoms with Crippen LogP contribution in [0.3, 0.4) is 0 Å². The average molecular weight is 292 g/mol. The molecule has 118 valence electrons. The Bertz CT molecular complexity index is 439. The van der Waals surface area contributed by atoms with Crippen molar-refractivity contribution in [2.24, 2.45) is 5.73 Å². The maximum atomic E-state index is 6.45. The van der Waals surface area contributed by atoms with E-state index in [0.717, 1.165) is 38.3 Å². The summed E-state index contributed by atoms with van der Waals surface area (Å²) in [6.07, 6.45) is 2.29. The van der Waals surface area contributed by atoms with Gasteiger partial charge < -0.3 is 15.2 Å². The zero-order valence-corrected chi connectivity index (χ0v) is 13.4. The Kier molecular flexibility index (Phi) is 6.03. The zero-order chi connectivity index (χ0) is 15.2. The van der Waals surface area contributed by atoms with E-state index in [1.165, 1.54) is 5.56 Å². The van der Waals surface area contributed by atoms with Gasteiger partial charge in [0.2, 0.25) is 0 Å². The molecule has 1 heterocycles. The molecule has 1 aromatic rings. The van der Waals surface area contributed by atoms with E-state index in [1.807, 2.05) is 12.1 Å². The van der Waals surface area contributed by atoms with Crippen molar-refractivity contribution >= 4 is 0 Å². The molecule has 1 saturated heterocycles. The predicted octanol–water partition coefficient (Wildman–Crippen LogP) is 2.58. The van der Waals surface area contributed by atoms with Crippen LogP contribution < -0.4 is 10.5 Å². The molecule has 1 aliphatic heterocycles. The number of benzene rings is 1. The Hall–Kier alpha value is -1.10. The van der Waals surface area contributed by atoms with E-state index >= 15 is 0 Å². The molecule has 3 atom stereocenters. The van der Waals surface area contributed by atoms with Gasteiger partial charge in [0.25, 0.3) is 0 Å². The van der Waals surface area contributed by atoms with E-state index in [1.54, 1.807) is 7.11 Å². The van der Waals surface area contributed by atoms with Gasteiger partial charge in [-0.1, -0.05) is 32.0 Å². The molecule has 0 radical (unpaired) electrons. The summed E-state index contributed by atoms with van der Waals surface area (Å²) < 4.78 is 11.4. The van der Waals surface area contributed by atoms with Gasteiger partial charge in [-0.05, 0) is 18.9 Å². The molecule has 0 bridgehead atoms. The third kappa shape index (κ3) is 3.76. The van der Waals surface area contributed by atoms with Crippen molar-refractivity contribution in [3.05, 3.63) is 29.8 Å². The van der Waals surface area contributed by atoms with E-state index in [2.05, 4.69) is 30.9 Å². The van der Waals surface area contributed by atoms with Gasteiger partial charge in [-0.3, -0.25) is 4.90 Å². The smallest absolute Gasteiger partial charge is 0.123 e. The molecule has 0 aliphatic carbocycles. The van der Waals surface area contributed by atoms with Gasteiger partial charge in [-0.15, -0.1) is 0 Å². The van der Waals surface area contributed by atoms with Crippen LogP contribution in [0.25, 0.3) is 0 Å². The normalized spacial score (nSPS) is 22.8. The van der Waals surface area contributed by atoms with Crippen LogP contribution in [0, 0.1) is 0 Å². The Morgan fingerprint density at radius 2 is 2.14 bits per heavy atom. The molecular formula is C17H28N2O2. The summed E-state index contributed by atoms with van der Waals surface area (Å²) in [5.74, 6) is 0.922. The summed E-state index contributed by atoms with van der Waals surface area (Å²) in [5, 5.41) is 0. The van der Waals surface area contributed by atoms with E-state index in [0.29, 0.717) is 6.10 Å². The van der Waals surface area contributed by atoms with Crippen molar-refractivity contribution in [1.82, 2.24) is 4.90 Å². The quantitative estimate of drug-likeness (QED) is 0.875. The highest BCUT2D eigenvalue weighted by molar-refractivity contribution is 5.37. The molecular weight excluding hydrogens is 264 g/mol. The number of rotatable bonds is 6. The third-order valence-electron chi connectivity index (χ3n) is 4.35. The van der Waals surface area contributed by atoms with Gasteiger partial charge in [-0.2, -0.15) is 0 Å². The summed E-state index contributed by atoms with van der Waals surface area (Å²) in [5.41, 5.74) is 7.64. The number of hydrogen-bond acceptors (Lipinski definition) is 4. The fraction of sp³-hybridized carbons (Fsp3) is 0.647. The second-order valence-corrected chi connectivity index (χ2v) is 5.65. The molecule has 1 fully saturated rings. The number of hydrogen-bond donors (Lipinski definition) is 1. The summed E-state index contributed by atoms with van der Waals surface area (Å²) >= 11 is 0. The lowest BCUT2D eigenvalue weighted by Crippen LogP contribution is -2.49. The Morgan fingerprint density at radius 1 is 1.38 bits per heavy atom. The molecule has 0 aromatic heterocycles. The van der Waals surface area contributed by atoms with E-state index in [-0.39, 0.29) is 12.1 Å². The lowest BCUT2D eigenvalue weighted by Gasteiger charge is -2.41. The fourth-order valence-electron chi connectivity index (χ4n) is 3.07. The van der Waals surface area contributed by atoms with Crippen molar-refractivity contribution in [2.45, 2.75) is 44.9 Å². The number of nitrogens with zero attached hydrogens (tertiary/aromatic N) is 1. The standard InChI is InChI=1S/C17H28N2O2/c1-4-13-12-19(10-11-21-13)17(15(18)5-2)14-8-6-7-9-16(14)20-3/h6-9,13,15,17H,4-5,10-12,18H2,1-3H3. The van der Waals surface area contributed by atoms with Gasteiger partial charge in [0.15, 0.2) is 0 Å². The fourth-order valence-corrected chi connectivity index (χ4v) is 3.07. The van der Waals surface area contributed by atoms with Crippen molar-refractivity contribution < 1.29 is 9.47 Å². The minimum atomic E-state index is 0.0944. The molecule has 2 rings (SSSR count). The van der Waals surface area contributed by atoms with Crippen LogP contribution in [0.4, 0.5) is 0 Å². The highest BCUT2D eigenvalue weighted by Gasteiger charge is 2.31. The van der Waals surface area contributed by atoms with Crippen LogP contribution >= 0.6 is 0 Å². The first-order chi connectivity index (χ1) is 10.2. The molecule has 0 saturated carbocycles. The molecule has 4 nitrogen and oxygen atoms in total. The number of para-hydroxylation sites is 1. The van der Waals surface area contributed by atoms with Crippen molar-refractivity contribution in [3.8, 4) is 5.75 Å². The van der Waals surface area contributed by atoms with Crippen LogP contribution in [0.15, 0.2) is 24.3 Å². The van der Waals surface area contributed by atoms with Crippen LogP contribution in [0.5, 0.6) is 5.75 Å². The molecule has 3 unspecified atom stereocenters. The third-order valence-corrected chi connectivity index (χ3v) is 4.35. The highest BCUT2D eigenvalue weighted by Crippen LogP contribution is 2.33. The maximum absolute atomic E-state index is 6.45. The number of nitrogens with two attached hydrogens (primary N) is 1. The first kappa shape index (κ1) is 16.3. The SMILES string of the molecule is CCC1CN(C(c2ccccc2OC)C(N)CC)CCO1. The largest absolute Gasteiger partial charge is 0.496 e. The first-order valence-electron chi connectivity index (χ1n) is 7.95. The Labute approximate surface area is 128 Å². The molecule has 21 heavy (non-hydrogen) atoms. The molecule has 2 N–H and O–H groups in total. The minimum Gasteiger partial charge on any atom is -0.496 e. The monoisotopic (exact) mass is 292 g/mol. The summed E-state index contributed by atoms with van der Waals surface area (Å²) in [6.45, 7) is 6.96. The first-order valence-corrected chi connectivity index (χ1v) is 7.95. The number of ether oxygens (including phenoxy) is 2. The second kappa shape index (κ2) is 7.78. The van der Waals surface area contributed by atoms with Crippen molar-refractivity contribution in [2.75, 3.05) is 26.8 Å². The van der Waals surface area contributed by atoms with Gasteiger partial charge in [0.05, 0.1) is 25.9 Å². The Morgan fingerprint density at radius 3 is 2.81 bits per heavy atom.